The maximum Gasteiger partial charge on any atom is 0.329 e. The molecule has 8 saturated heterocycles. The monoisotopic (exact) mass is 1570 g/mol. The molecule has 0 aliphatic carbocycles. The maximum absolute atomic E-state index is 14.7. The first-order valence-electron chi connectivity index (χ1n) is 39.9. The number of aryl methyl sites for hydroxylation is 2. The number of nitrogens with one attached hydrogen (secondary N) is 6. The van der Waals surface area contributed by atoms with Gasteiger partial charge in [-0.2, -0.15) is 0 Å². The molecular formula is C85H111FN12O16. The van der Waals surface area contributed by atoms with E-state index in [4.69, 9.17) is 9.47 Å². The van der Waals surface area contributed by atoms with Gasteiger partial charge >= 0.3 is 11.9 Å². The van der Waals surface area contributed by atoms with Crippen molar-refractivity contribution in [2.75, 3.05) is 39.3 Å². The molecule has 29 heteroatoms. The van der Waals surface area contributed by atoms with Crippen LogP contribution >= 0.6 is 0 Å². The molecule has 12 amide bonds. The van der Waals surface area contributed by atoms with E-state index in [1.165, 1.54) is 61.4 Å². The lowest BCUT2D eigenvalue weighted by atomic mass is 9.99. The molecule has 12 rings (SSSR count). The Labute approximate surface area is 665 Å². The van der Waals surface area contributed by atoms with Crippen LogP contribution < -0.4 is 31.9 Å². The van der Waals surface area contributed by atoms with E-state index in [2.05, 4.69) is 31.9 Å². The number of carbonyl (C=O) groups is 14. The normalized spacial score (nSPS) is 27.7. The second-order valence-corrected chi connectivity index (χ2v) is 32.0. The van der Waals surface area contributed by atoms with Crippen molar-refractivity contribution in [1.82, 2.24) is 61.3 Å². The van der Waals surface area contributed by atoms with Gasteiger partial charge in [-0.15, -0.1) is 0 Å². The number of amides is 12. The Hall–Kier alpha value is -10.6. The van der Waals surface area contributed by atoms with E-state index >= 15 is 0 Å². The van der Waals surface area contributed by atoms with E-state index in [1.54, 1.807) is 32.0 Å². The summed E-state index contributed by atoms with van der Waals surface area (Å²) in [4.78, 5) is 205. The van der Waals surface area contributed by atoms with Gasteiger partial charge in [-0.05, 0) is 165 Å². The Morgan fingerprint density at radius 2 is 0.807 bits per heavy atom. The van der Waals surface area contributed by atoms with Gasteiger partial charge in [-0.25, -0.2) is 14.0 Å². The number of halogens is 1. The van der Waals surface area contributed by atoms with Crippen LogP contribution in [0.2, 0.25) is 0 Å². The van der Waals surface area contributed by atoms with Crippen molar-refractivity contribution >= 4 is 82.8 Å². The minimum absolute atomic E-state index is 0. The Balaban J connectivity index is 0.000000239. The number of hydrogen-bond acceptors (Lipinski definition) is 16. The Morgan fingerprint density at radius 1 is 0.430 bits per heavy atom. The zero-order valence-electron chi connectivity index (χ0n) is 65.7. The number of ether oxygens (including phenoxy) is 2. The molecule has 0 bridgehead atoms. The van der Waals surface area contributed by atoms with Crippen LogP contribution in [0.15, 0.2) is 103 Å². The SMILES string of the molecule is C.Cc1ccc(CC(=O)N[C@@H](Cc2cccc(F)c2)C(=O)N[C@@H]2C(=O)N3CCC[C@H]3C(=O)N3CCCC[C@H]3C(=O)N[C@@H](C)C(=O)N3C[C@H](C)C[C@H]3C(=O)O[C@H]2C)cc1.Cc1ccc(CC(=O)N[C@@H](Cc2ccccc2)C(=O)N[C@@H]2C(=O)N3CCC[C@H]3C(=O)N3CCCC[C@H]3C(=O)N[C@@H](C)C(=O)N3C[C@H](C)C[C@H]3C(=O)O[C@H]2C)cc1. The predicted octanol–water partition coefficient (Wildman–Crippen LogP) is 4.39. The van der Waals surface area contributed by atoms with Gasteiger partial charge in [-0.1, -0.05) is 123 Å². The van der Waals surface area contributed by atoms with Crippen LogP contribution in [0.5, 0.6) is 0 Å². The molecule has 0 saturated carbocycles. The summed E-state index contributed by atoms with van der Waals surface area (Å²) in [5, 5.41) is 16.8. The van der Waals surface area contributed by atoms with Gasteiger partial charge in [0.15, 0.2) is 0 Å². The van der Waals surface area contributed by atoms with Gasteiger partial charge < -0.3 is 70.8 Å². The summed E-state index contributed by atoms with van der Waals surface area (Å²) in [7, 11) is 0. The lowest BCUT2D eigenvalue weighted by Crippen LogP contribution is -2.63. The summed E-state index contributed by atoms with van der Waals surface area (Å²) in [6.07, 6.45) is 3.21. The molecule has 28 nitrogen and oxygen atoms in total. The summed E-state index contributed by atoms with van der Waals surface area (Å²) < 4.78 is 26.2. The van der Waals surface area contributed by atoms with Gasteiger partial charge in [0.25, 0.3) is 0 Å². The van der Waals surface area contributed by atoms with Gasteiger partial charge in [0.2, 0.25) is 70.9 Å². The fraction of sp³-hybridized carbons (Fsp3) is 0.553. The first kappa shape index (κ1) is 85.8. The van der Waals surface area contributed by atoms with E-state index in [1.807, 2.05) is 94.4 Å². The number of hydrogen-bond donors (Lipinski definition) is 6. The van der Waals surface area contributed by atoms with Crippen molar-refractivity contribution in [3.05, 3.63) is 142 Å². The molecule has 8 aliphatic heterocycles. The largest absolute Gasteiger partial charge is 0.458 e. The van der Waals surface area contributed by atoms with Crippen molar-refractivity contribution < 1.29 is 81.0 Å². The molecule has 6 N–H and O–H groups in total. The molecule has 16 atom stereocenters. The minimum atomic E-state index is -1.52. The highest BCUT2D eigenvalue weighted by molar-refractivity contribution is 6.00. The molecule has 8 fully saturated rings. The number of rotatable bonds is 14. The zero-order chi connectivity index (χ0) is 81.1. The third-order valence-electron chi connectivity index (χ3n) is 23.0. The van der Waals surface area contributed by atoms with E-state index < -0.39 is 167 Å². The second kappa shape index (κ2) is 38.5. The van der Waals surface area contributed by atoms with Crippen LogP contribution in [0.3, 0.4) is 0 Å². The molecular weight excluding hydrogens is 1460 g/mol. The molecule has 614 valence electrons. The van der Waals surface area contributed by atoms with E-state index in [9.17, 15) is 71.5 Å². The second-order valence-electron chi connectivity index (χ2n) is 32.0. The lowest BCUT2D eigenvalue weighted by Gasteiger charge is -2.39. The van der Waals surface area contributed by atoms with Crippen molar-refractivity contribution in [2.24, 2.45) is 11.8 Å². The first-order chi connectivity index (χ1) is 54.0. The van der Waals surface area contributed by atoms with Crippen LogP contribution in [-0.2, 0) is 102 Å². The molecule has 8 aliphatic rings. The summed E-state index contributed by atoms with van der Waals surface area (Å²) in [5.74, 6) is -8.49. The highest BCUT2D eigenvalue weighted by Gasteiger charge is 2.51. The van der Waals surface area contributed by atoms with E-state index in [0.29, 0.717) is 94.8 Å². The molecule has 0 unspecified atom stereocenters. The van der Waals surface area contributed by atoms with Crippen LogP contribution in [0.25, 0.3) is 0 Å². The fourth-order valence-corrected chi connectivity index (χ4v) is 16.9. The molecule has 114 heavy (non-hydrogen) atoms. The van der Waals surface area contributed by atoms with E-state index in [0.717, 1.165) is 22.3 Å². The van der Waals surface area contributed by atoms with Crippen molar-refractivity contribution in [2.45, 2.75) is 250 Å². The quantitative estimate of drug-likeness (QED) is 0.0953. The molecule has 0 spiro atoms. The Morgan fingerprint density at radius 3 is 1.22 bits per heavy atom. The topological polar surface area (TPSA) is 349 Å². The number of nitrogens with zero attached hydrogens (tertiary/aromatic N) is 6. The Bertz CT molecular complexity index is 4210. The molecule has 4 aromatic rings. The smallest absolute Gasteiger partial charge is 0.329 e. The lowest BCUT2D eigenvalue weighted by molar-refractivity contribution is -0.163. The number of piperidine rings is 2. The van der Waals surface area contributed by atoms with Gasteiger partial charge in [0.1, 0.15) is 90.5 Å². The Kier molecular flexibility index (Phi) is 29.0. The summed E-state index contributed by atoms with van der Waals surface area (Å²) in [6.45, 7) is 15.3. The van der Waals surface area contributed by atoms with E-state index in [-0.39, 0.29) is 83.5 Å². The molecule has 0 radical (unpaired) electrons. The van der Waals surface area contributed by atoms with Gasteiger partial charge in [0, 0.05) is 52.1 Å². The van der Waals surface area contributed by atoms with Crippen molar-refractivity contribution in [3.8, 4) is 0 Å². The van der Waals surface area contributed by atoms with Crippen LogP contribution in [0.4, 0.5) is 4.39 Å². The van der Waals surface area contributed by atoms with Crippen molar-refractivity contribution in [1.29, 1.82) is 0 Å². The van der Waals surface area contributed by atoms with Crippen LogP contribution in [0.1, 0.15) is 159 Å². The number of fused-ring (bicyclic) bond motifs is 6. The van der Waals surface area contributed by atoms with Crippen LogP contribution in [-0.4, -0.2) is 236 Å². The number of carbonyl (C=O) groups excluding carboxylic acids is 14. The van der Waals surface area contributed by atoms with Crippen LogP contribution in [0, 0.1) is 31.5 Å². The average molecular weight is 1580 g/mol. The highest BCUT2D eigenvalue weighted by atomic mass is 19.1. The number of esters is 2. The first-order valence-corrected chi connectivity index (χ1v) is 39.9. The minimum Gasteiger partial charge on any atom is -0.458 e. The predicted molar refractivity (Wildman–Crippen MR) is 418 cm³/mol. The average Bonchev–Trinajstić information content (AvgIpc) is 1.52. The third kappa shape index (κ3) is 20.8. The standard InChI is InChI=1S/C42H53FN6O8.C42H54N6O8.CH4/c1-24-13-15-28(16-14-24)22-35(50)45-31(21-29-9-7-10-30(43)20-29)37(51)46-36-27(4)57-42(56)34-19-25(2)23-49(34)39(53)26(3)44-38(52)32-11-5-6-17-47(32)40(54)33-12-8-18-48(33)41(36)55;1-25-15-17-30(18-16-25)23-35(49)44-31(22-29-11-6-5-7-12-29)37(50)45-36-28(4)56-42(55)34-21-26(2)24-48(34)39(52)27(3)43-38(51)32-13-8-9-19-46(32)40(53)33-14-10-20-47(33)41(36)54;/h7,9-10,13-16,20,25-27,31-34,36H,5-6,8,11-12,17-19,21-23H2,1-4H3,(H,44,52)(H,45,50)(H,46,51);5-7,11-12,15-18,26-28,31-34,36H,8-10,13-14,19-24H2,1-4H3,(H,43,51)(H,44,49)(H,45,50);1H4/t25-,26+,27+,31+,32+,33+,34+,36+;26-,27+,28+,31+,32+,33+,34+,36+;/m11./s1. The number of cyclic esters (lactones) is 2. The molecule has 4 aromatic carbocycles. The third-order valence-corrected chi connectivity index (χ3v) is 23.0. The molecule has 0 aromatic heterocycles. The fourth-order valence-electron chi connectivity index (χ4n) is 16.9. The summed E-state index contributed by atoms with van der Waals surface area (Å²) >= 11 is 0. The summed E-state index contributed by atoms with van der Waals surface area (Å²) in [6, 6.07) is 16.8. The zero-order valence-corrected chi connectivity index (χ0v) is 65.7. The van der Waals surface area contributed by atoms with Crippen molar-refractivity contribution in [3.63, 3.8) is 0 Å². The maximum atomic E-state index is 14.7. The molecule has 8 heterocycles. The summed E-state index contributed by atoms with van der Waals surface area (Å²) in [5.41, 5.74) is 4.71. The highest BCUT2D eigenvalue weighted by Crippen LogP contribution is 2.32. The van der Waals surface area contributed by atoms with Gasteiger partial charge in [-0.3, -0.25) is 57.5 Å². The number of benzene rings is 4. The van der Waals surface area contributed by atoms with Gasteiger partial charge in [0.05, 0.1) is 12.8 Å².